The minimum Gasteiger partial charge on any atom is -0.390 e. The molecule has 0 saturated carbocycles. The number of para-hydroxylation sites is 1. The van der Waals surface area contributed by atoms with E-state index in [9.17, 15) is 5.11 Å². The first-order valence-electron chi connectivity index (χ1n) is 7.99. The van der Waals surface area contributed by atoms with Gasteiger partial charge in [0.05, 0.1) is 12.6 Å². The van der Waals surface area contributed by atoms with Crippen LogP contribution in [0, 0.1) is 0 Å². The van der Waals surface area contributed by atoms with Crippen molar-refractivity contribution in [3.05, 3.63) is 48.8 Å². The van der Waals surface area contributed by atoms with Crippen molar-refractivity contribution < 1.29 is 5.11 Å². The topological polar surface area (TPSA) is 53.3 Å². The highest BCUT2D eigenvalue weighted by Crippen LogP contribution is 2.16. The van der Waals surface area contributed by atoms with Crippen molar-refractivity contribution in [2.75, 3.05) is 25.0 Å². The summed E-state index contributed by atoms with van der Waals surface area (Å²) in [6.45, 7) is 3.34. The van der Waals surface area contributed by atoms with Crippen molar-refractivity contribution in [1.82, 2.24) is 14.7 Å². The number of benzene rings is 1. The molecule has 1 unspecified atom stereocenters. The van der Waals surface area contributed by atoms with Gasteiger partial charge in [0.25, 0.3) is 0 Å². The average molecular weight is 300 g/mol. The van der Waals surface area contributed by atoms with Gasteiger partial charge in [-0.2, -0.15) is 5.10 Å². The molecule has 0 amide bonds. The largest absolute Gasteiger partial charge is 0.390 e. The van der Waals surface area contributed by atoms with Crippen LogP contribution in [0.1, 0.15) is 12.8 Å². The third-order valence-electron chi connectivity index (χ3n) is 4.16. The first kappa shape index (κ1) is 15.1. The molecule has 5 nitrogen and oxygen atoms in total. The first-order chi connectivity index (χ1) is 10.8. The summed E-state index contributed by atoms with van der Waals surface area (Å²) in [4.78, 5) is 2.34. The fourth-order valence-electron chi connectivity index (χ4n) is 3.01. The van der Waals surface area contributed by atoms with Gasteiger partial charge in [-0.05, 0) is 31.0 Å². The number of nitrogens with zero attached hydrogens (tertiary/aromatic N) is 3. The second-order valence-electron chi connectivity index (χ2n) is 5.97. The van der Waals surface area contributed by atoms with Gasteiger partial charge < -0.3 is 15.3 Å². The van der Waals surface area contributed by atoms with Crippen molar-refractivity contribution in [2.24, 2.45) is 0 Å². The molecule has 118 valence electrons. The maximum Gasteiger partial charge on any atom is 0.0862 e. The van der Waals surface area contributed by atoms with Gasteiger partial charge in [-0.25, -0.2) is 0 Å². The Morgan fingerprint density at radius 1 is 1.14 bits per heavy atom. The number of piperidine rings is 1. The van der Waals surface area contributed by atoms with E-state index in [1.807, 2.05) is 18.3 Å². The smallest absolute Gasteiger partial charge is 0.0862 e. The Kier molecular flexibility index (Phi) is 5.08. The molecule has 3 rings (SSSR count). The molecule has 1 atom stereocenters. The molecule has 1 aromatic carbocycles. The fourth-order valence-corrected chi connectivity index (χ4v) is 3.01. The number of likely N-dealkylation sites (tertiary alicyclic amines) is 1. The highest BCUT2D eigenvalue weighted by atomic mass is 16.3. The van der Waals surface area contributed by atoms with Crippen LogP contribution in [0.15, 0.2) is 48.8 Å². The predicted octanol–water partition coefficient (Wildman–Crippen LogP) is 1.82. The lowest BCUT2D eigenvalue weighted by molar-refractivity contribution is 0.0838. The maximum absolute atomic E-state index is 10.2. The molecule has 0 aliphatic carbocycles. The summed E-state index contributed by atoms with van der Waals surface area (Å²) in [7, 11) is 0. The number of aliphatic hydroxyl groups is 1. The summed E-state index contributed by atoms with van der Waals surface area (Å²) in [5.41, 5.74) is 1.19. The second kappa shape index (κ2) is 7.42. The molecule has 0 radical (unpaired) electrons. The van der Waals surface area contributed by atoms with Crippen molar-refractivity contribution in [1.29, 1.82) is 0 Å². The Bertz CT molecular complexity index is 535. The van der Waals surface area contributed by atoms with Crippen LogP contribution >= 0.6 is 0 Å². The number of hydrogen-bond acceptors (Lipinski definition) is 4. The van der Waals surface area contributed by atoms with Crippen LogP contribution in [-0.4, -0.2) is 51.6 Å². The van der Waals surface area contributed by atoms with E-state index < -0.39 is 0 Å². The van der Waals surface area contributed by atoms with E-state index in [4.69, 9.17) is 0 Å². The minimum absolute atomic E-state index is 0.362. The summed E-state index contributed by atoms with van der Waals surface area (Å²) < 4.78 is 1.79. The molecule has 5 heteroatoms. The summed E-state index contributed by atoms with van der Waals surface area (Å²) in [5, 5.41) is 17.9. The average Bonchev–Trinajstić information content (AvgIpc) is 3.03. The fraction of sp³-hybridized carbons (Fsp3) is 0.471. The zero-order valence-corrected chi connectivity index (χ0v) is 12.8. The third kappa shape index (κ3) is 4.32. The third-order valence-corrected chi connectivity index (χ3v) is 4.16. The number of β-amino-alcohol motifs (C(OH)–C–C–N with tert-alkyl or cyclic N) is 1. The van der Waals surface area contributed by atoms with E-state index >= 15 is 0 Å². The summed E-state index contributed by atoms with van der Waals surface area (Å²) in [6, 6.07) is 12.8. The van der Waals surface area contributed by atoms with Crippen LogP contribution in [0.4, 0.5) is 5.69 Å². The van der Waals surface area contributed by atoms with Gasteiger partial charge in [0.1, 0.15) is 0 Å². The Morgan fingerprint density at radius 2 is 1.91 bits per heavy atom. The summed E-state index contributed by atoms with van der Waals surface area (Å²) in [5.74, 6) is 0. The van der Waals surface area contributed by atoms with E-state index in [-0.39, 0.29) is 6.10 Å². The number of aliphatic hydroxyl groups excluding tert-OH is 1. The number of rotatable bonds is 6. The molecular weight excluding hydrogens is 276 g/mol. The van der Waals surface area contributed by atoms with E-state index in [0.717, 1.165) is 32.5 Å². The maximum atomic E-state index is 10.2. The molecule has 22 heavy (non-hydrogen) atoms. The molecule has 1 aliphatic rings. The lowest BCUT2D eigenvalue weighted by Gasteiger charge is -2.33. The van der Waals surface area contributed by atoms with Gasteiger partial charge >= 0.3 is 0 Å². The molecule has 1 fully saturated rings. The van der Waals surface area contributed by atoms with Crippen LogP contribution < -0.4 is 5.32 Å². The minimum atomic E-state index is -0.362. The molecule has 1 saturated heterocycles. The number of nitrogens with one attached hydrogen (secondary N) is 1. The Morgan fingerprint density at radius 3 is 2.59 bits per heavy atom. The predicted molar refractivity (Wildman–Crippen MR) is 87.8 cm³/mol. The van der Waals surface area contributed by atoms with E-state index in [2.05, 4.69) is 39.6 Å². The van der Waals surface area contributed by atoms with E-state index in [0.29, 0.717) is 12.6 Å². The molecule has 2 heterocycles. The van der Waals surface area contributed by atoms with Crippen molar-refractivity contribution in [3.8, 4) is 0 Å². The SMILES string of the molecule is OC(CN1CCC(Nc2ccccc2)CC1)Cn1cccn1. The van der Waals surface area contributed by atoms with Gasteiger partial charge in [0.2, 0.25) is 0 Å². The highest BCUT2D eigenvalue weighted by Gasteiger charge is 2.21. The zero-order valence-electron chi connectivity index (χ0n) is 12.8. The van der Waals surface area contributed by atoms with Crippen LogP contribution in [0.5, 0.6) is 0 Å². The van der Waals surface area contributed by atoms with Crippen LogP contribution in [0.3, 0.4) is 0 Å². The lowest BCUT2D eigenvalue weighted by Crippen LogP contribution is -2.43. The van der Waals surface area contributed by atoms with Crippen molar-refractivity contribution in [2.45, 2.75) is 31.5 Å². The standard InChI is InChI=1S/C17H24N4O/c22-17(14-21-10-4-9-18-21)13-20-11-7-16(8-12-20)19-15-5-2-1-3-6-15/h1-6,9-10,16-17,19,22H,7-8,11-14H2. The Hall–Kier alpha value is -1.85. The number of anilines is 1. The molecular formula is C17H24N4O. The van der Waals surface area contributed by atoms with Crippen LogP contribution in [0.25, 0.3) is 0 Å². The quantitative estimate of drug-likeness (QED) is 0.854. The lowest BCUT2D eigenvalue weighted by atomic mass is 10.0. The molecule has 1 aliphatic heterocycles. The van der Waals surface area contributed by atoms with Crippen LogP contribution in [-0.2, 0) is 6.54 Å². The normalized spacial score (nSPS) is 18.2. The molecule has 0 spiro atoms. The van der Waals surface area contributed by atoms with Gasteiger partial charge in [-0.3, -0.25) is 4.68 Å². The molecule has 2 aromatic rings. The Labute approximate surface area is 131 Å². The highest BCUT2D eigenvalue weighted by molar-refractivity contribution is 5.43. The first-order valence-corrected chi connectivity index (χ1v) is 7.99. The van der Waals surface area contributed by atoms with Crippen LogP contribution in [0.2, 0.25) is 0 Å². The van der Waals surface area contributed by atoms with Gasteiger partial charge in [0.15, 0.2) is 0 Å². The monoisotopic (exact) mass is 300 g/mol. The number of hydrogen-bond donors (Lipinski definition) is 2. The van der Waals surface area contributed by atoms with Gasteiger partial charge in [-0.15, -0.1) is 0 Å². The van der Waals surface area contributed by atoms with Crippen molar-refractivity contribution in [3.63, 3.8) is 0 Å². The zero-order chi connectivity index (χ0) is 15.2. The molecule has 2 N–H and O–H groups in total. The van der Waals surface area contributed by atoms with Gasteiger partial charge in [0, 0.05) is 43.8 Å². The molecule has 0 bridgehead atoms. The van der Waals surface area contributed by atoms with Gasteiger partial charge in [-0.1, -0.05) is 18.2 Å². The van der Waals surface area contributed by atoms with Crippen molar-refractivity contribution >= 4 is 5.69 Å². The molecule has 1 aromatic heterocycles. The summed E-state index contributed by atoms with van der Waals surface area (Å²) in [6.07, 6.45) is 5.50. The Balaban J connectivity index is 1.40. The summed E-state index contributed by atoms with van der Waals surface area (Å²) >= 11 is 0. The second-order valence-corrected chi connectivity index (χ2v) is 5.97. The van der Waals surface area contributed by atoms with E-state index in [1.54, 1.807) is 10.9 Å². The number of aromatic nitrogens is 2. The van der Waals surface area contributed by atoms with E-state index in [1.165, 1.54) is 5.69 Å².